The highest BCUT2D eigenvalue weighted by Gasteiger charge is 2.20. The lowest BCUT2D eigenvalue weighted by Gasteiger charge is -2.16. The number of thioether (sulfide) groups is 1. The van der Waals surface area contributed by atoms with E-state index < -0.39 is 0 Å². The van der Waals surface area contributed by atoms with E-state index in [1.807, 2.05) is 13.0 Å². The molecule has 1 aromatic carbocycles. The normalized spacial score (nSPS) is 20.9. The summed E-state index contributed by atoms with van der Waals surface area (Å²) in [6.07, 6.45) is 5.85. The lowest BCUT2D eigenvalue weighted by atomic mass is 10.1. The molecule has 1 aromatic rings. The molecule has 0 heterocycles. The van der Waals surface area contributed by atoms with E-state index in [0.717, 1.165) is 0 Å². The average molecular weight is 232 g/mol. The minimum Gasteiger partial charge on any atom is -0.392 e. The minimum atomic E-state index is -0.317. The summed E-state index contributed by atoms with van der Waals surface area (Å²) in [5.41, 5.74) is 1.27. The van der Waals surface area contributed by atoms with E-state index in [9.17, 15) is 5.11 Å². The fraction of sp³-hybridized carbons (Fsp3) is 0.286. The van der Waals surface area contributed by atoms with Gasteiger partial charge in [-0.2, -0.15) is 0 Å². The predicted octanol–water partition coefficient (Wildman–Crippen LogP) is 3.54. The lowest BCUT2D eigenvalue weighted by Crippen LogP contribution is -2.13. The third-order valence-electron chi connectivity index (χ3n) is 2.68. The molecule has 0 saturated heterocycles. The van der Waals surface area contributed by atoms with E-state index in [-0.39, 0.29) is 12.0 Å². The van der Waals surface area contributed by atoms with Gasteiger partial charge in [-0.1, -0.05) is 47.7 Å². The van der Waals surface area contributed by atoms with E-state index in [1.54, 1.807) is 11.8 Å². The largest absolute Gasteiger partial charge is 0.392 e. The molecule has 0 radical (unpaired) electrons. The van der Waals surface area contributed by atoms with Gasteiger partial charge < -0.3 is 5.11 Å². The zero-order chi connectivity index (χ0) is 11.5. The van der Waals surface area contributed by atoms with Crippen LogP contribution in [0.5, 0.6) is 0 Å². The van der Waals surface area contributed by atoms with Crippen LogP contribution in [-0.4, -0.2) is 11.2 Å². The molecule has 1 N–H and O–H groups in total. The second-order valence-electron chi connectivity index (χ2n) is 4.14. The number of allylic oxidation sites excluding steroid dienone is 2. The van der Waals surface area contributed by atoms with Gasteiger partial charge in [0.1, 0.15) is 0 Å². The maximum absolute atomic E-state index is 9.64. The summed E-state index contributed by atoms with van der Waals surface area (Å²) in [5, 5.41) is 9.64. The van der Waals surface area contributed by atoms with Crippen molar-refractivity contribution in [2.75, 3.05) is 0 Å². The Bertz CT molecular complexity index is 415. The highest BCUT2D eigenvalue weighted by molar-refractivity contribution is 8.03. The predicted molar refractivity (Wildman–Crippen MR) is 69.4 cm³/mol. The van der Waals surface area contributed by atoms with E-state index in [0.29, 0.717) is 0 Å². The monoisotopic (exact) mass is 232 g/mol. The maximum Gasteiger partial charge on any atom is 0.0620 e. The third-order valence-corrected chi connectivity index (χ3v) is 3.84. The molecule has 16 heavy (non-hydrogen) atoms. The van der Waals surface area contributed by atoms with Gasteiger partial charge in [0.25, 0.3) is 0 Å². The van der Waals surface area contributed by atoms with Gasteiger partial charge in [0.2, 0.25) is 0 Å². The highest BCUT2D eigenvalue weighted by atomic mass is 32.2. The van der Waals surface area contributed by atoms with Gasteiger partial charge in [-0.25, -0.2) is 0 Å². The smallest absolute Gasteiger partial charge is 0.0620 e. The van der Waals surface area contributed by atoms with Crippen LogP contribution in [0.4, 0.5) is 0 Å². The van der Waals surface area contributed by atoms with Crippen molar-refractivity contribution in [1.82, 2.24) is 0 Å². The van der Waals surface area contributed by atoms with Gasteiger partial charge in [0, 0.05) is 10.8 Å². The first kappa shape index (κ1) is 11.5. The van der Waals surface area contributed by atoms with E-state index >= 15 is 0 Å². The van der Waals surface area contributed by atoms with E-state index in [2.05, 4.69) is 43.3 Å². The molecule has 1 nitrogen and oxygen atoms in total. The minimum absolute atomic E-state index is 0.159. The zero-order valence-corrected chi connectivity index (χ0v) is 10.4. The maximum atomic E-state index is 9.64. The Kier molecular flexibility index (Phi) is 3.52. The zero-order valence-electron chi connectivity index (χ0n) is 9.55. The lowest BCUT2D eigenvalue weighted by molar-refractivity contribution is 0.168. The molecular weight excluding hydrogens is 216 g/mol. The molecule has 0 spiro atoms. The van der Waals surface area contributed by atoms with Crippen LogP contribution in [0.15, 0.2) is 52.3 Å². The number of hydrogen-bond acceptors (Lipinski definition) is 2. The third kappa shape index (κ3) is 2.57. The summed E-state index contributed by atoms with van der Waals surface area (Å²) in [5.74, 6) is 0.159. The van der Waals surface area contributed by atoms with Crippen molar-refractivity contribution in [3.8, 4) is 0 Å². The van der Waals surface area contributed by atoms with Crippen LogP contribution in [0, 0.1) is 12.8 Å². The summed E-state index contributed by atoms with van der Waals surface area (Å²) in [4.78, 5) is 2.45. The summed E-state index contributed by atoms with van der Waals surface area (Å²) in [7, 11) is 0. The standard InChI is InChI=1S/C14H16OS/c1-10-6-8-12(9-7-10)16-14-5-3-4-13(14)11(2)15/h3-9,11,13,15H,1-2H3/t11-,13?/m0/s1. The average Bonchev–Trinajstić information content (AvgIpc) is 2.69. The Morgan fingerprint density at radius 2 is 1.94 bits per heavy atom. The fourth-order valence-electron chi connectivity index (χ4n) is 1.72. The number of rotatable bonds is 3. The molecule has 2 atom stereocenters. The molecule has 0 fully saturated rings. The molecule has 84 valence electrons. The molecule has 2 rings (SSSR count). The fourth-order valence-corrected chi connectivity index (χ4v) is 2.82. The Balaban J connectivity index is 2.08. The van der Waals surface area contributed by atoms with Crippen molar-refractivity contribution in [3.63, 3.8) is 0 Å². The van der Waals surface area contributed by atoms with Gasteiger partial charge in [0.15, 0.2) is 0 Å². The molecule has 1 aliphatic carbocycles. The first-order valence-electron chi connectivity index (χ1n) is 5.48. The van der Waals surface area contributed by atoms with Crippen molar-refractivity contribution in [1.29, 1.82) is 0 Å². The molecule has 0 saturated carbocycles. The van der Waals surface area contributed by atoms with Crippen molar-refractivity contribution in [2.45, 2.75) is 24.8 Å². The Morgan fingerprint density at radius 1 is 1.25 bits per heavy atom. The number of aliphatic hydroxyl groups excluding tert-OH is 1. The number of aryl methyl sites for hydroxylation is 1. The number of benzene rings is 1. The molecule has 0 amide bonds. The SMILES string of the molecule is Cc1ccc(SC2=CC=CC2[C@H](C)O)cc1. The Labute approximate surface area is 101 Å². The van der Waals surface area contributed by atoms with Crippen molar-refractivity contribution < 1.29 is 5.11 Å². The summed E-state index contributed by atoms with van der Waals surface area (Å²) >= 11 is 1.73. The molecule has 0 bridgehead atoms. The summed E-state index contributed by atoms with van der Waals surface area (Å²) in [6.45, 7) is 3.92. The molecule has 2 heteroatoms. The van der Waals surface area contributed by atoms with Gasteiger partial charge in [-0.3, -0.25) is 0 Å². The highest BCUT2D eigenvalue weighted by Crippen LogP contribution is 2.37. The van der Waals surface area contributed by atoms with E-state index in [1.165, 1.54) is 15.4 Å². The van der Waals surface area contributed by atoms with Crippen LogP contribution in [0.2, 0.25) is 0 Å². The topological polar surface area (TPSA) is 20.2 Å². The molecule has 1 aliphatic rings. The first-order valence-corrected chi connectivity index (χ1v) is 6.29. The van der Waals surface area contributed by atoms with Crippen LogP contribution >= 0.6 is 11.8 Å². The molecule has 1 unspecified atom stereocenters. The van der Waals surface area contributed by atoms with Crippen molar-refractivity contribution >= 4 is 11.8 Å². The Hall–Kier alpha value is -0.990. The second-order valence-corrected chi connectivity index (χ2v) is 5.28. The Morgan fingerprint density at radius 3 is 2.56 bits per heavy atom. The van der Waals surface area contributed by atoms with Crippen LogP contribution in [-0.2, 0) is 0 Å². The van der Waals surface area contributed by atoms with Gasteiger partial charge >= 0.3 is 0 Å². The van der Waals surface area contributed by atoms with Crippen LogP contribution in [0.25, 0.3) is 0 Å². The second kappa shape index (κ2) is 4.89. The molecule has 0 aliphatic heterocycles. The van der Waals surface area contributed by atoms with Crippen LogP contribution in [0.3, 0.4) is 0 Å². The molecular formula is C14H16OS. The number of hydrogen-bond donors (Lipinski definition) is 1. The summed E-state index contributed by atoms with van der Waals surface area (Å²) in [6, 6.07) is 8.47. The molecule has 0 aromatic heterocycles. The van der Waals surface area contributed by atoms with Crippen LogP contribution < -0.4 is 0 Å². The number of aliphatic hydroxyl groups is 1. The first-order chi connectivity index (χ1) is 7.66. The summed E-state index contributed by atoms with van der Waals surface area (Å²) < 4.78 is 0. The van der Waals surface area contributed by atoms with Gasteiger partial charge in [-0.05, 0) is 30.9 Å². The van der Waals surface area contributed by atoms with Crippen LogP contribution in [0.1, 0.15) is 12.5 Å². The van der Waals surface area contributed by atoms with Crippen molar-refractivity contribution in [2.24, 2.45) is 5.92 Å². The van der Waals surface area contributed by atoms with E-state index in [4.69, 9.17) is 0 Å². The van der Waals surface area contributed by atoms with Gasteiger partial charge in [-0.15, -0.1) is 0 Å². The van der Waals surface area contributed by atoms with Gasteiger partial charge in [0.05, 0.1) is 6.10 Å². The quantitative estimate of drug-likeness (QED) is 0.860. The van der Waals surface area contributed by atoms with Crippen molar-refractivity contribution in [3.05, 3.63) is 53.0 Å².